The van der Waals surface area contributed by atoms with Crippen LogP contribution in [0.1, 0.15) is 0 Å². The van der Waals surface area contributed by atoms with Crippen LogP contribution in [0.3, 0.4) is 0 Å². The second-order valence-electron chi connectivity index (χ2n) is 4.68. The number of nitrogens with zero attached hydrogens (tertiary/aromatic N) is 1. The molecule has 0 saturated carbocycles. The maximum Gasteiger partial charge on any atom is 0.0599 e. The first kappa shape index (κ1) is 10.4. The van der Waals surface area contributed by atoms with E-state index in [0.29, 0.717) is 0 Å². The van der Waals surface area contributed by atoms with Crippen LogP contribution in [-0.2, 0) is 10.8 Å². The minimum atomic E-state index is -0.940. The molecule has 0 aliphatic carbocycles. The predicted molar refractivity (Wildman–Crippen MR) is 57.7 cm³/mol. The molecule has 12 heavy (non-hydrogen) atoms. The summed E-state index contributed by atoms with van der Waals surface area (Å²) in [5.41, 5.74) is 0. The van der Waals surface area contributed by atoms with E-state index in [9.17, 15) is 4.21 Å². The quantitative estimate of drug-likeness (QED) is 0.625. The van der Waals surface area contributed by atoms with Crippen LogP contribution in [0.4, 0.5) is 0 Å². The third-order valence-electron chi connectivity index (χ3n) is 1.97. The van der Waals surface area contributed by atoms with Crippen LogP contribution in [0.25, 0.3) is 0 Å². The second kappa shape index (κ2) is 4.02. The Morgan fingerprint density at radius 3 is 2.17 bits per heavy atom. The smallest absolute Gasteiger partial charge is 0.0599 e. The van der Waals surface area contributed by atoms with Gasteiger partial charge in [-0.25, -0.2) is 0 Å². The molecule has 72 valence electrons. The summed E-state index contributed by atoms with van der Waals surface area (Å²) in [4.78, 5) is 2.48. The fourth-order valence-corrected chi connectivity index (χ4v) is 4.29. The highest BCUT2D eigenvalue weighted by Gasteiger charge is 2.21. The monoisotopic (exact) mass is 205 g/mol. The molecule has 0 spiro atoms. The molecule has 0 N–H and O–H groups in total. The average Bonchev–Trinajstić information content (AvgIpc) is 1.91. The molecule has 1 aliphatic heterocycles. The van der Waals surface area contributed by atoms with E-state index in [1.54, 1.807) is 0 Å². The van der Waals surface area contributed by atoms with Gasteiger partial charge in [-0.3, -0.25) is 4.21 Å². The summed E-state index contributed by atoms with van der Waals surface area (Å²) in [6, 6.07) is 0. The van der Waals surface area contributed by atoms with Gasteiger partial charge in [0.15, 0.2) is 0 Å². The van der Waals surface area contributed by atoms with Crippen LogP contribution < -0.4 is 0 Å². The number of hydrogen-bond donors (Lipinski definition) is 0. The summed E-state index contributed by atoms with van der Waals surface area (Å²) in [6.07, 6.45) is 1.27. The topological polar surface area (TPSA) is 20.3 Å². The van der Waals surface area contributed by atoms with E-state index in [1.165, 1.54) is 6.17 Å². The lowest BCUT2D eigenvalue weighted by atomic mass is 10.6. The molecule has 1 aliphatic rings. The van der Waals surface area contributed by atoms with Crippen molar-refractivity contribution in [1.82, 2.24) is 4.90 Å². The van der Waals surface area contributed by atoms with E-state index < -0.39 is 18.9 Å². The Morgan fingerprint density at radius 1 is 1.25 bits per heavy atom. The van der Waals surface area contributed by atoms with Crippen molar-refractivity contribution in [2.24, 2.45) is 0 Å². The van der Waals surface area contributed by atoms with Gasteiger partial charge in [0.1, 0.15) is 0 Å². The summed E-state index contributed by atoms with van der Waals surface area (Å²) in [7, 11) is -1.46. The Balaban J connectivity index is 2.31. The summed E-state index contributed by atoms with van der Waals surface area (Å²) in [5.74, 6) is 1.79. The maximum absolute atomic E-state index is 11.1. The van der Waals surface area contributed by atoms with Crippen molar-refractivity contribution in [2.75, 3.05) is 30.8 Å². The summed E-state index contributed by atoms with van der Waals surface area (Å²) in [6.45, 7) is 9.27. The van der Waals surface area contributed by atoms with E-state index in [4.69, 9.17) is 0 Å². The van der Waals surface area contributed by atoms with Gasteiger partial charge in [0, 0.05) is 35.4 Å². The van der Waals surface area contributed by atoms with Gasteiger partial charge in [-0.2, -0.15) is 0 Å². The van der Waals surface area contributed by atoms with E-state index in [1.807, 2.05) is 0 Å². The minimum absolute atomic E-state index is 0.516. The minimum Gasteiger partial charge on any atom is -0.304 e. The predicted octanol–water partition coefficient (Wildman–Crippen LogP) is 0.928. The zero-order valence-corrected chi connectivity index (χ0v) is 10.1. The zero-order chi connectivity index (χ0) is 9.19. The van der Waals surface area contributed by atoms with Crippen molar-refractivity contribution >= 4 is 18.9 Å². The fraction of sp³-hybridized carbons (Fsp3) is 1.00. The van der Waals surface area contributed by atoms with E-state index >= 15 is 0 Å². The lowest BCUT2D eigenvalue weighted by Crippen LogP contribution is -2.46. The first-order valence-electron chi connectivity index (χ1n) is 4.55. The molecule has 1 saturated heterocycles. The average molecular weight is 205 g/mol. The normalized spacial score (nSPS) is 22.9. The molecule has 0 radical (unpaired) electrons. The molecule has 0 unspecified atom stereocenters. The summed E-state index contributed by atoms with van der Waals surface area (Å²) < 4.78 is 11.1. The van der Waals surface area contributed by atoms with E-state index in [2.05, 4.69) is 24.5 Å². The van der Waals surface area contributed by atoms with Crippen molar-refractivity contribution < 1.29 is 4.21 Å². The highest BCUT2D eigenvalue weighted by atomic mass is 32.2. The molecule has 1 fully saturated rings. The van der Waals surface area contributed by atoms with Crippen molar-refractivity contribution in [2.45, 2.75) is 19.6 Å². The van der Waals surface area contributed by atoms with Gasteiger partial charge in [0.05, 0.1) is 8.07 Å². The molecular formula is C8H19NOSSi. The van der Waals surface area contributed by atoms with Gasteiger partial charge in [-0.15, -0.1) is 0 Å². The Hall–Kier alpha value is 0.327. The third-order valence-corrected chi connectivity index (χ3v) is 4.64. The van der Waals surface area contributed by atoms with Crippen LogP contribution in [0.2, 0.25) is 19.6 Å². The van der Waals surface area contributed by atoms with Gasteiger partial charge in [-0.1, -0.05) is 19.6 Å². The fourth-order valence-electron chi connectivity index (χ4n) is 1.50. The van der Waals surface area contributed by atoms with E-state index in [0.717, 1.165) is 24.6 Å². The van der Waals surface area contributed by atoms with Crippen molar-refractivity contribution in [3.63, 3.8) is 0 Å². The first-order valence-corrected chi connectivity index (χ1v) is 9.74. The Bertz CT molecular complexity index is 168. The molecule has 0 aromatic rings. The highest BCUT2D eigenvalue weighted by Crippen LogP contribution is 2.07. The summed E-state index contributed by atoms with van der Waals surface area (Å²) >= 11 is 0. The van der Waals surface area contributed by atoms with Crippen molar-refractivity contribution in [3.05, 3.63) is 0 Å². The molecule has 4 heteroatoms. The van der Waals surface area contributed by atoms with Gasteiger partial charge >= 0.3 is 0 Å². The molecule has 2 nitrogen and oxygen atoms in total. The molecular weight excluding hydrogens is 186 g/mol. The first-order chi connectivity index (χ1) is 5.47. The Morgan fingerprint density at radius 2 is 1.75 bits per heavy atom. The largest absolute Gasteiger partial charge is 0.304 e. The molecule has 0 aromatic carbocycles. The van der Waals surface area contributed by atoms with Crippen LogP contribution in [-0.4, -0.2) is 47.9 Å². The standard InChI is InChI=1S/C8H19NOSSi/c1-12(2,3)8-9-4-6-11(10)7-5-9/h4-8H2,1-3H3. The van der Waals surface area contributed by atoms with Crippen LogP contribution in [0, 0.1) is 0 Å². The SMILES string of the molecule is C[Si](C)(C)CN1CCS(=O)CC1. The maximum atomic E-state index is 11.1. The van der Waals surface area contributed by atoms with E-state index in [-0.39, 0.29) is 0 Å². The van der Waals surface area contributed by atoms with Gasteiger partial charge in [0.2, 0.25) is 0 Å². The zero-order valence-electron chi connectivity index (χ0n) is 8.30. The second-order valence-corrected chi connectivity index (χ2v) is 11.8. The molecule has 0 amide bonds. The molecule has 0 bridgehead atoms. The number of hydrogen-bond acceptors (Lipinski definition) is 2. The molecule has 1 heterocycles. The van der Waals surface area contributed by atoms with Crippen molar-refractivity contribution in [3.8, 4) is 0 Å². The van der Waals surface area contributed by atoms with Crippen LogP contribution in [0.5, 0.6) is 0 Å². The van der Waals surface area contributed by atoms with Crippen molar-refractivity contribution in [1.29, 1.82) is 0 Å². The van der Waals surface area contributed by atoms with Gasteiger partial charge < -0.3 is 4.90 Å². The van der Waals surface area contributed by atoms with Crippen LogP contribution in [0.15, 0.2) is 0 Å². The number of rotatable bonds is 2. The molecule has 0 atom stereocenters. The lowest BCUT2D eigenvalue weighted by molar-refractivity contribution is 0.342. The third kappa shape index (κ3) is 3.82. The summed E-state index contributed by atoms with van der Waals surface area (Å²) in [5, 5.41) is 0. The molecule has 0 aromatic heterocycles. The Labute approximate surface area is 78.8 Å². The Kier molecular flexibility index (Phi) is 3.49. The van der Waals surface area contributed by atoms with Gasteiger partial charge in [-0.05, 0) is 6.17 Å². The molecule has 1 rings (SSSR count). The van der Waals surface area contributed by atoms with Gasteiger partial charge in [0.25, 0.3) is 0 Å². The highest BCUT2D eigenvalue weighted by molar-refractivity contribution is 7.85. The van der Waals surface area contributed by atoms with Crippen LogP contribution >= 0.6 is 0 Å². The lowest BCUT2D eigenvalue weighted by Gasteiger charge is -2.31.